The van der Waals surface area contributed by atoms with Gasteiger partial charge in [-0.15, -0.1) is 0 Å². The number of carbonyl (C=O) groups is 2. The van der Waals surface area contributed by atoms with Gasteiger partial charge in [-0.1, -0.05) is 236 Å². The van der Waals surface area contributed by atoms with Gasteiger partial charge in [0.05, 0.1) is 25.2 Å². The fourth-order valence-electron chi connectivity index (χ4n) is 7.62. The summed E-state index contributed by atoms with van der Waals surface area (Å²) in [5.41, 5.74) is 0. The molecule has 3 unspecified atom stereocenters. The Morgan fingerprint density at radius 1 is 0.492 bits per heavy atom. The third kappa shape index (κ3) is 42.3. The van der Waals surface area contributed by atoms with Crippen LogP contribution in [0.4, 0.5) is 0 Å². The van der Waals surface area contributed by atoms with Crippen LogP contribution in [-0.4, -0.2) is 46.9 Å². The summed E-state index contributed by atoms with van der Waals surface area (Å²) in [6, 6.07) is -0.703. The molecule has 0 bridgehead atoms. The van der Waals surface area contributed by atoms with Crippen LogP contribution >= 0.6 is 0 Å². The molecule has 0 fully saturated rings. The minimum absolute atomic E-state index is 0.0699. The van der Waals surface area contributed by atoms with Crippen molar-refractivity contribution in [1.29, 1.82) is 0 Å². The van der Waals surface area contributed by atoms with E-state index in [2.05, 4.69) is 74.7 Å². The minimum Gasteiger partial charge on any atom is -0.462 e. The number of esters is 1. The van der Waals surface area contributed by atoms with Crippen molar-refractivity contribution < 1.29 is 24.5 Å². The molecule has 0 rings (SSSR count). The molecule has 0 aliphatic heterocycles. The molecule has 0 aromatic carbocycles. The Hall–Kier alpha value is -2.18. The number of unbranched alkanes of at least 4 members (excludes halogenated alkanes) is 28. The van der Waals surface area contributed by atoms with Gasteiger partial charge in [-0.05, 0) is 51.4 Å². The van der Waals surface area contributed by atoms with Crippen LogP contribution in [-0.2, 0) is 14.3 Å². The lowest BCUT2D eigenvalue weighted by molar-refractivity contribution is -0.151. The average molecular weight is 828 g/mol. The number of nitrogens with one attached hydrogen (secondary N) is 1. The highest BCUT2D eigenvalue weighted by molar-refractivity contribution is 5.77. The Morgan fingerprint density at radius 3 is 1.34 bits per heavy atom. The molecule has 0 heterocycles. The highest BCUT2D eigenvalue weighted by Crippen LogP contribution is 2.18. The summed E-state index contributed by atoms with van der Waals surface area (Å²) in [6.07, 6.45) is 55.9. The molecule has 1 amide bonds. The maximum atomic E-state index is 13.2. The van der Waals surface area contributed by atoms with Gasteiger partial charge >= 0.3 is 5.97 Å². The number of hydrogen-bond acceptors (Lipinski definition) is 5. The van der Waals surface area contributed by atoms with Gasteiger partial charge < -0.3 is 20.3 Å². The molecule has 0 saturated heterocycles. The third-order valence-corrected chi connectivity index (χ3v) is 11.5. The molecule has 0 saturated carbocycles. The van der Waals surface area contributed by atoms with Crippen LogP contribution in [0.15, 0.2) is 48.6 Å². The van der Waals surface area contributed by atoms with Crippen LogP contribution in [0.25, 0.3) is 0 Å². The lowest BCUT2D eigenvalue weighted by atomic mass is 10.0. The smallest absolute Gasteiger partial charge is 0.306 e. The van der Waals surface area contributed by atoms with E-state index in [9.17, 15) is 19.8 Å². The molecular formula is C53H97NO5. The summed E-state index contributed by atoms with van der Waals surface area (Å²) >= 11 is 0. The third-order valence-electron chi connectivity index (χ3n) is 11.5. The summed E-state index contributed by atoms with van der Waals surface area (Å²) in [7, 11) is 0. The van der Waals surface area contributed by atoms with E-state index in [0.29, 0.717) is 19.3 Å². The molecule has 0 aromatic rings. The molecule has 0 radical (unpaired) electrons. The van der Waals surface area contributed by atoms with E-state index in [0.717, 1.165) is 77.0 Å². The van der Waals surface area contributed by atoms with Crippen molar-refractivity contribution in [2.75, 3.05) is 6.61 Å². The molecule has 0 aromatic heterocycles. The number of aliphatic hydroxyl groups is 2. The fourth-order valence-corrected chi connectivity index (χ4v) is 7.62. The summed E-state index contributed by atoms with van der Waals surface area (Å²) < 4.78 is 5.92. The summed E-state index contributed by atoms with van der Waals surface area (Å²) in [5, 5.41) is 23.7. The number of rotatable bonds is 45. The average Bonchev–Trinajstić information content (AvgIpc) is 3.23. The Bertz CT molecular complexity index is 1020. The first kappa shape index (κ1) is 56.8. The summed E-state index contributed by atoms with van der Waals surface area (Å²) in [5.74, 6) is -0.494. The molecule has 0 spiro atoms. The number of ether oxygens (including phenoxy) is 1. The zero-order valence-corrected chi connectivity index (χ0v) is 39.1. The van der Waals surface area contributed by atoms with E-state index in [-0.39, 0.29) is 24.9 Å². The van der Waals surface area contributed by atoms with Crippen LogP contribution in [0, 0.1) is 0 Å². The maximum absolute atomic E-state index is 13.2. The van der Waals surface area contributed by atoms with Crippen molar-refractivity contribution >= 4 is 11.9 Å². The van der Waals surface area contributed by atoms with Crippen molar-refractivity contribution in [3.63, 3.8) is 0 Å². The van der Waals surface area contributed by atoms with Gasteiger partial charge in [-0.3, -0.25) is 9.59 Å². The van der Waals surface area contributed by atoms with Gasteiger partial charge in [-0.25, -0.2) is 0 Å². The van der Waals surface area contributed by atoms with Crippen molar-refractivity contribution in [3.05, 3.63) is 48.6 Å². The van der Waals surface area contributed by atoms with Crippen molar-refractivity contribution in [2.24, 2.45) is 0 Å². The fraction of sp³-hybridized carbons (Fsp3) is 0.811. The minimum atomic E-state index is -0.789. The normalized spacial score (nSPS) is 13.6. The quantitative estimate of drug-likeness (QED) is 0.0323. The number of carbonyl (C=O) groups excluding carboxylic acids is 2. The van der Waals surface area contributed by atoms with E-state index in [1.165, 1.54) is 128 Å². The Kier molecular flexibility index (Phi) is 45.1. The molecule has 3 atom stereocenters. The number of hydrogen-bond donors (Lipinski definition) is 3. The van der Waals surface area contributed by atoms with Gasteiger partial charge in [-0.2, -0.15) is 0 Å². The van der Waals surface area contributed by atoms with Crippen LogP contribution in [0.5, 0.6) is 0 Å². The van der Waals surface area contributed by atoms with E-state index in [1.807, 2.05) is 0 Å². The second-order valence-corrected chi connectivity index (χ2v) is 17.3. The van der Waals surface area contributed by atoms with Gasteiger partial charge in [0, 0.05) is 6.42 Å². The predicted octanol–water partition coefficient (Wildman–Crippen LogP) is 15.1. The molecule has 6 nitrogen and oxygen atoms in total. The number of amides is 1. The number of allylic oxidation sites excluding steroid dienone is 8. The first-order valence-electron chi connectivity index (χ1n) is 25.4. The van der Waals surface area contributed by atoms with Gasteiger partial charge in [0.25, 0.3) is 0 Å². The highest BCUT2D eigenvalue weighted by atomic mass is 16.5. The SMILES string of the molecule is CCCCC/C=C/C=C/C=C/C=C/CCCCCCCC(=O)OC(CCCCCCCCCCCCCC)CC(=O)NC(CO)C(O)CCCCCCCCCCCC. The largest absolute Gasteiger partial charge is 0.462 e. The Labute approximate surface area is 366 Å². The molecular weight excluding hydrogens is 731 g/mol. The van der Waals surface area contributed by atoms with Crippen molar-refractivity contribution in [1.82, 2.24) is 5.32 Å². The Morgan fingerprint density at radius 2 is 0.864 bits per heavy atom. The second-order valence-electron chi connectivity index (χ2n) is 17.3. The van der Waals surface area contributed by atoms with Crippen LogP contribution in [0.1, 0.15) is 252 Å². The van der Waals surface area contributed by atoms with Gasteiger partial charge in [0.15, 0.2) is 0 Å². The lowest BCUT2D eigenvalue weighted by Gasteiger charge is -2.24. The molecule has 0 aliphatic rings. The first-order valence-corrected chi connectivity index (χ1v) is 25.4. The first-order chi connectivity index (χ1) is 29.0. The van der Waals surface area contributed by atoms with Crippen LogP contribution in [0.3, 0.4) is 0 Å². The van der Waals surface area contributed by atoms with Crippen LogP contribution in [0.2, 0.25) is 0 Å². The topological polar surface area (TPSA) is 95.9 Å². The molecule has 59 heavy (non-hydrogen) atoms. The van der Waals surface area contributed by atoms with Crippen molar-refractivity contribution in [2.45, 2.75) is 270 Å². The molecule has 3 N–H and O–H groups in total. The van der Waals surface area contributed by atoms with Crippen molar-refractivity contribution in [3.8, 4) is 0 Å². The van der Waals surface area contributed by atoms with Gasteiger partial charge in [0.2, 0.25) is 5.91 Å². The van der Waals surface area contributed by atoms with E-state index in [4.69, 9.17) is 4.74 Å². The van der Waals surface area contributed by atoms with E-state index >= 15 is 0 Å². The zero-order valence-electron chi connectivity index (χ0n) is 39.1. The molecule has 344 valence electrons. The molecule has 0 aliphatic carbocycles. The van der Waals surface area contributed by atoms with E-state index < -0.39 is 18.2 Å². The molecule has 6 heteroatoms. The zero-order chi connectivity index (χ0) is 43.1. The maximum Gasteiger partial charge on any atom is 0.306 e. The standard InChI is InChI=1S/C53H97NO5/c1-4-7-10-13-16-19-22-24-25-26-27-28-29-31-34-37-40-43-46-53(58)59-49(44-41-38-35-32-30-23-20-17-14-11-8-5-2)47-52(57)54-50(48-55)51(56)45-42-39-36-33-21-18-15-12-9-6-3/h16,19,22,24-28,49-51,55-56H,4-15,17-18,20-21,23,29-48H2,1-3H3,(H,54,57)/b19-16+,24-22+,26-25+,28-27+. The van der Waals surface area contributed by atoms with Gasteiger partial charge in [0.1, 0.15) is 6.10 Å². The highest BCUT2D eigenvalue weighted by Gasteiger charge is 2.24. The number of aliphatic hydroxyl groups excluding tert-OH is 2. The Balaban J connectivity index is 4.59. The summed E-state index contributed by atoms with van der Waals surface area (Å²) in [4.78, 5) is 26.1. The van der Waals surface area contributed by atoms with Crippen LogP contribution < -0.4 is 5.32 Å². The predicted molar refractivity (Wildman–Crippen MR) is 255 cm³/mol. The van der Waals surface area contributed by atoms with E-state index in [1.54, 1.807) is 0 Å². The summed E-state index contributed by atoms with van der Waals surface area (Å²) in [6.45, 7) is 6.43. The monoisotopic (exact) mass is 828 g/mol. The lowest BCUT2D eigenvalue weighted by Crippen LogP contribution is -2.46. The second kappa shape index (κ2) is 46.9.